The summed E-state index contributed by atoms with van der Waals surface area (Å²) in [6.45, 7) is 6.40. The first-order valence-corrected chi connectivity index (χ1v) is 7.25. The molecule has 0 aromatic carbocycles. The zero-order chi connectivity index (χ0) is 13.5. The number of rotatable bonds is 5. The average molecular weight is 265 g/mol. The maximum absolute atomic E-state index is 5.59. The van der Waals surface area contributed by atoms with Crippen molar-refractivity contribution in [3.63, 3.8) is 0 Å². The van der Waals surface area contributed by atoms with Gasteiger partial charge in [-0.1, -0.05) is 19.0 Å². The summed E-state index contributed by atoms with van der Waals surface area (Å²) < 4.78 is 11.1. The minimum Gasteiger partial charge on any atom is -0.373 e. The van der Waals surface area contributed by atoms with Crippen molar-refractivity contribution in [2.75, 3.05) is 20.2 Å². The molecule has 1 N–H and O–H groups in total. The first-order chi connectivity index (χ1) is 9.17. The highest BCUT2D eigenvalue weighted by Crippen LogP contribution is 2.43. The molecule has 19 heavy (non-hydrogen) atoms. The van der Waals surface area contributed by atoms with Crippen molar-refractivity contribution < 1.29 is 9.26 Å². The molecule has 106 valence electrons. The minimum atomic E-state index is -0.00685. The lowest BCUT2D eigenvalue weighted by Gasteiger charge is -2.28. The van der Waals surface area contributed by atoms with Crippen LogP contribution in [0.4, 0.5) is 0 Å². The lowest BCUT2D eigenvalue weighted by molar-refractivity contribution is 0.0751. The number of methoxy groups -OCH3 is 1. The molecule has 2 unspecified atom stereocenters. The highest BCUT2D eigenvalue weighted by atomic mass is 16.5. The molecule has 5 heteroatoms. The van der Waals surface area contributed by atoms with Crippen LogP contribution < -0.4 is 5.32 Å². The van der Waals surface area contributed by atoms with E-state index < -0.39 is 0 Å². The molecule has 1 aromatic heterocycles. The molecule has 1 aliphatic carbocycles. The summed E-state index contributed by atoms with van der Waals surface area (Å²) in [6.07, 6.45) is 3.49. The van der Waals surface area contributed by atoms with Crippen LogP contribution in [-0.4, -0.2) is 30.3 Å². The van der Waals surface area contributed by atoms with Gasteiger partial charge in [0.1, 0.15) is 6.10 Å². The van der Waals surface area contributed by atoms with Crippen molar-refractivity contribution in [3.05, 3.63) is 11.7 Å². The second kappa shape index (κ2) is 4.87. The Morgan fingerprint density at radius 2 is 2.21 bits per heavy atom. The third-order valence-corrected chi connectivity index (χ3v) is 4.72. The van der Waals surface area contributed by atoms with Gasteiger partial charge in [-0.05, 0) is 37.6 Å². The zero-order valence-corrected chi connectivity index (χ0v) is 12.0. The topological polar surface area (TPSA) is 60.2 Å². The molecule has 1 saturated carbocycles. The van der Waals surface area contributed by atoms with E-state index in [1.54, 1.807) is 7.11 Å². The summed E-state index contributed by atoms with van der Waals surface area (Å²) in [5.74, 6) is 2.57. The highest BCUT2D eigenvalue weighted by molar-refractivity contribution is 5.13. The quantitative estimate of drug-likeness (QED) is 0.883. The van der Waals surface area contributed by atoms with Crippen LogP contribution in [0.3, 0.4) is 0 Å². The molecule has 1 aliphatic heterocycles. The minimum absolute atomic E-state index is 0.00685. The van der Waals surface area contributed by atoms with E-state index in [1.165, 1.54) is 12.8 Å². The lowest BCUT2D eigenvalue weighted by Crippen LogP contribution is -2.35. The van der Waals surface area contributed by atoms with Crippen molar-refractivity contribution in [3.8, 4) is 0 Å². The summed E-state index contributed by atoms with van der Waals surface area (Å²) in [7, 11) is 1.73. The first-order valence-electron chi connectivity index (χ1n) is 7.25. The standard InChI is InChI=1S/C14H23N3O2/c1-9(2)14(6-7-15-8-14)13-16-12(17-19-13)11(18-3)10-4-5-10/h9-11,15H,4-8H2,1-3H3. The molecule has 0 bridgehead atoms. The van der Waals surface area contributed by atoms with Crippen LogP contribution in [-0.2, 0) is 10.2 Å². The largest absolute Gasteiger partial charge is 0.373 e. The van der Waals surface area contributed by atoms with Gasteiger partial charge >= 0.3 is 0 Å². The molecule has 0 spiro atoms. The Bertz CT molecular complexity index is 434. The average Bonchev–Trinajstić information content (AvgIpc) is 2.93. The molecule has 2 atom stereocenters. The van der Waals surface area contributed by atoms with Gasteiger partial charge < -0.3 is 14.6 Å². The Morgan fingerprint density at radius 1 is 1.42 bits per heavy atom. The fourth-order valence-electron chi connectivity index (χ4n) is 3.09. The van der Waals surface area contributed by atoms with Crippen LogP contribution in [0.25, 0.3) is 0 Å². The van der Waals surface area contributed by atoms with Crippen molar-refractivity contribution >= 4 is 0 Å². The van der Waals surface area contributed by atoms with Gasteiger partial charge in [-0.15, -0.1) is 0 Å². The Labute approximate surface area is 114 Å². The Hall–Kier alpha value is -0.940. The maximum Gasteiger partial charge on any atom is 0.234 e. The summed E-state index contributed by atoms with van der Waals surface area (Å²) >= 11 is 0. The van der Waals surface area contributed by atoms with E-state index in [0.717, 1.165) is 31.2 Å². The third-order valence-electron chi connectivity index (χ3n) is 4.72. The predicted octanol–water partition coefficient (Wildman–Crippen LogP) is 2.05. The predicted molar refractivity (Wildman–Crippen MR) is 70.8 cm³/mol. The molecule has 0 amide bonds. The van der Waals surface area contributed by atoms with Gasteiger partial charge in [-0.2, -0.15) is 4.98 Å². The molecule has 2 fully saturated rings. The SMILES string of the molecule is COC(c1noc(C2(C(C)C)CCNC2)n1)C1CC1. The Kier molecular flexibility index (Phi) is 3.35. The zero-order valence-electron chi connectivity index (χ0n) is 12.0. The molecule has 2 heterocycles. The summed E-state index contributed by atoms with van der Waals surface area (Å²) in [6, 6.07) is 0. The van der Waals surface area contributed by atoms with Crippen LogP contribution >= 0.6 is 0 Å². The smallest absolute Gasteiger partial charge is 0.234 e. The van der Waals surface area contributed by atoms with Crippen LogP contribution in [0.5, 0.6) is 0 Å². The van der Waals surface area contributed by atoms with Gasteiger partial charge in [-0.25, -0.2) is 0 Å². The van der Waals surface area contributed by atoms with Crippen LogP contribution in [0.1, 0.15) is 50.9 Å². The number of nitrogens with zero attached hydrogens (tertiary/aromatic N) is 2. The lowest BCUT2D eigenvalue weighted by atomic mass is 9.76. The fourth-order valence-corrected chi connectivity index (χ4v) is 3.09. The van der Waals surface area contributed by atoms with Crippen molar-refractivity contribution in [1.29, 1.82) is 0 Å². The maximum atomic E-state index is 5.59. The number of ether oxygens (including phenoxy) is 1. The molecule has 2 aliphatic rings. The summed E-state index contributed by atoms with van der Waals surface area (Å²) in [5, 5.41) is 7.60. The molecular formula is C14H23N3O2. The van der Waals surface area contributed by atoms with Crippen LogP contribution in [0.2, 0.25) is 0 Å². The molecule has 0 radical (unpaired) electrons. The van der Waals surface area contributed by atoms with Gasteiger partial charge in [0, 0.05) is 13.7 Å². The summed E-state index contributed by atoms with van der Waals surface area (Å²) in [5.41, 5.74) is -0.00685. The van der Waals surface area contributed by atoms with Gasteiger partial charge in [-0.3, -0.25) is 0 Å². The summed E-state index contributed by atoms with van der Waals surface area (Å²) in [4.78, 5) is 4.68. The van der Waals surface area contributed by atoms with Gasteiger partial charge in [0.2, 0.25) is 11.7 Å². The fraction of sp³-hybridized carbons (Fsp3) is 0.857. The highest BCUT2D eigenvalue weighted by Gasteiger charge is 2.45. The Morgan fingerprint density at radius 3 is 2.74 bits per heavy atom. The van der Waals surface area contributed by atoms with Gasteiger partial charge in [0.05, 0.1) is 5.41 Å². The second-order valence-electron chi connectivity index (χ2n) is 6.19. The van der Waals surface area contributed by atoms with Gasteiger partial charge in [0.15, 0.2) is 0 Å². The molecule has 1 aromatic rings. The Balaban J connectivity index is 1.87. The molecular weight excluding hydrogens is 242 g/mol. The van der Waals surface area contributed by atoms with E-state index in [9.17, 15) is 0 Å². The number of hydrogen-bond donors (Lipinski definition) is 1. The van der Waals surface area contributed by atoms with E-state index in [-0.39, 0.29) is 11.5 Å². The van der Waals surface area contributed by atoms with E-state index >= 15 is 0 Å². The molecule has 3 rings (SSSR count). The van der Waals surface area contributed by atoms with E-state index in [0.29, 0.717) is 11.8 Å². The van der Waals surface area contributed by atoms with E-state index in [1.807, 2.05) is 0 Å². The number of nitrogens with one attached hydrogen (secondary N) is 1. The molecule has 1 saturated heterocycles. The monoisotopic (exact) mass is 265 g/mol. The molecule has 5 nitrogen and oxygen atoms in total. The second-order valence-corrected chi connectivity index (χ2v) is 6.19. The normalized spacial score (nSPS) is 29.1. The van der Waals surface area contributed by atoms with Gasteiger partial charge in [0.25, 0.3) is 0 Å². The number of hydrogen-bond acceptors (Lipinski definition) is 5. The van der Waals surface area contributed by atoms with E-state index in [2.05, 4.69) is 29.3 Å². The van der Waals surface area contributed by atoms with E-state index in [4.69, 9.17) is 9.26 Å². The van der Waals surface area contributed by atoms with Crippen molar-refractivity contribution in [2.45, 2.75) is 44.6 Å². The van der Waals surface area contributed by atoms with Crippen LogP contribution in [0, 0.1) is 11.8 Å². The van der Waals surface area contributed by atoms with Crippen molar-refractivity contribution in [2.24, 2.45) is 11.8 Å². The van der Waals surface area contributed by atoms with Crippen LogP contribution in [0.15, 0.2) is 4.52 Å². The third kappa shape index (κ3) is 2.19. The first kappa shape index (κ1) is 13.1. The van der Waals surface area contributed by atoms with Crippen molar-refractivity contribution in [1.82, 2.24) is 15.5 Å². The number of aromatic nitrogens is 2.